The van der Waals surface area contributed by atoms with Crippen LogP contribution in [0.2, 0.25) is 18.1 Å². The zero-order chi connectivity index (χ0) is 26.6. The van der Waals surface area contributed by atoms with Crippen LogP contribution in [0.25, 0.3) is 5.65 Å². The zero-order valence-corrected chi connectivity index (χ0v) is 23.4. The summed E-state index contributed by atoms with van der Waals surface area (Å²) < 4.78 is 14.3. The number of carbonyl (C=O) groups excluding carboxylic acids is 1. The first kappa shape index (κ1) is 26.5. The molecule has 0 bridgehead atoms. The quantitative estimate of drug-likeness (QED) is 0.295. The Bertz CT molecular complexity index is 1350. The van der Waals surface area contributed by atoms with E-state index >= 15 is 0 Å². The minimum atomic E-state index is -2.01. The highest BCUT2D eigenvalue weighted by molar-refractivity contribution is 6.74. The Kier molecular flexibility index (Phi) is 7.75. The number of imidazole rings is 1. The van der Waals surface area contributed by atoms with Gasteiger partial charge in [0.2, 0.25) is 0 Å². The molecule has 0 unspecified atom stereocenters. The molecule has 0 aliphatic heterocycles. The predicted molar refractivity (Wildman–Crippen MR) is 146 cm³/mol. The summed E-state index contributed by atoms with van der Waals surface area (Å²) in [7, 11) is -2.01. The first-order chi connectivity index (χ1) is 17.6. The Morgan fingerprint density at radius 2 is 1.78 bits per heavy atom. The number of aromatic nitrogens is 4. The molecule has 0 saturated heterocycles. The molecule has 0 fully saturated rings. The second-order valence-corrected chi connectivity index (χ2v) is 15.5. The summed E-state index contributed by atoms with van der Waals surface area (Å²) in [5.74, 6) is 0.362. The van der Waals surface area contributed by atoms with E-state index in [0.29, 0.717) is 36.0 Å². The van der Waals surface area contributed by atoms with Crippen molar-refractivity contribution < 1.29 is 14.0 Å². The number of hydrogen-bond acceptors (Lipinski definition) is 6. The zero-order valence-electron chi connectivity index (χ0n) is 22.4. The van der Waals surface area contributed by atoms with Crippen LogP contribution in [0.3, 0.4) is 0 Å². The van der Waals surface area contributed by atoms with Crippen LogP contribution in [0, 0.1) is 6.92 Å². The van der Waals surface area contributed by atoms with Gasteiger partial charge in [-0.1, -0.05) is 51.1 Å². The van der Waals surface area contributed by atoms with Crippen molar-refractivity contribution in [3.63, 3.8) is 0 Å². The van der Waals surface area contributed by atoms with Crippen LogP contribution in [0.1, 0.15) is 54.1 Å². The van der Waals surface area contributed by atoms with Gasteiger partial charge in [0, 0.05) is 24.2 Å². The number of fused-ring (bicyclic) bond motifs is 1. The minimum absolute atomic E-state index is 0.0682. The Balaban J connectivity index is 1.59. The van der Waals surface area contributed by atoms with Crippen LogP contribution >= 0.6 is 0 Å². The minimum Gasteiger partial charge on any atom is -0.485 e. The summed E-state index contributed by atoms with van der Waals surface area (Å²) in [5, 5.41) is 3.28. The summed E-state index contributed by atoms with van der Waals surface area (Å²) in [6, 6.07) is 13.3. The highest BCUT2D eigenvalue weighted by Gasteiger charge is 2.38. The molecule has 194 valence electrons. The fraction of sp³-hybridized carbons (Fsp3) is 0.357. The third kappa shape index (κ3) is 6.06. The van der Waals surface area contributed by atoms with Crippen LogP contribution in [-0.4, -0.2) is 40.2 Å². The van der Waals surface area contributed by atoms with Gasteiger partial charge >= 0.3 is 0 Å². The van der Waals surface area contributed by atoms with E-state index in [4.69, 9.17) is 9.16 Å². The summed E-state index contributed by atoms with van der Waals surface area (Å²) in [4.78, 5) is 26.4. The van der Waals surface area contributed by atoms with Gasteiger partial charge in [0.05, 0.1) is 18.3 Å². The SMILES string of the molecule is Cc1nc2c(OCc3cncnc3)cccn2c1C(=O)N[C@@H](CO[Si](C)(C)C(C)(C)C)c1ccccc1. The number of rotatable bonds is 9. The first-order valence-corrected chi connectivity index (χ1v) is 15.3. The Labute approximate surface area is 219 Å². The molecule has 3 aromatic heterocycles. The molecule has 0 aliphatic rings. The van der Waals surface area contributed by atoms with Crippen molar-refractivity contribution in [2.24, 2.45) is 0 Å². The molecule has 0 saturated carbocycles. The van der Waals surface area contributed by atoms with E-state index in [2.05, 4.69) is 54.1 Å². The molecule has 8 nitrogen and oxygen atoms in total. The number of benzene rings is 1. The van der Waals surface area contributed by atoms with Crippen LogP contribution in [-0.2, 0) is 11.0 Å². The highest BCUT2D eigenvalue weighted by Crippen LogP contribution is 2.37. The number of ether oxygens (including phenoxy) is 1. The van der Waals surface area contributed by atoms with Crippen molar-refractivity contribution in [3.8, 4) is 5.75 Å². The van der Waals surface area contributed by atoms with Gasteiger partial charge in [0.1, 0.15) is 18.6 Å². The lowest BCUT2D eigenvalue weighted by molar-refractivity contribution is 0.0911. The van der Waals surface area contributed by atoms with Crippen molar-refractivity contribution in [1.29, 1.82) is 0 Å². The average molecular weight is 518 g/mol. The number of pyridine rings is 1. The molecule has 0 aliphatic carbocycles. The number of nitrogens with one attached hydrogen (secondary N) is 1. The van der Waals surface area contributed by atoms with Crippen molar-refractivity contribution >= 4 is 19.9 Å². The maximum Gasteiger partial charge on any atom is 0.270 e. The molecule has 4 rings (SSSR count). The average Bonchev–Trinajstić information content (AvgIpc) is 3.22. The third-order valence-corrected chi connectivity index (χ3v) is 11.4. The van der Waals surface area contributed by atoms with Crippen molar-refractivity contribution in [1.82, 2.24) is 24.7 Å². The molecular weight excluding hydrogens is 482 g/mol. The molecule has 1 N–H and O–H groups in total. The van der Waals surface area contributed by atoms with E-state index in [9.17, 15) is 4.79 Å². The van der Waals surface area contributed by atoms with Gasteiger partial charge in [-0.05, 0) is 42.8 Å². The number of nitrogens with zero attached hydrogens (tertiary/aromatic N) is 4. The molecule has 3 heterocycles. The van der Waals surface area contributed by atoms with E-state index in [1.54, 1.807) is 16.8 Å². The van der Waals surface area contributed by atoms with E-state index < -0.39 is 8.32 Å². The molecule has 1 amide bonds. The normalized spacial score (nSPS) is 12.9. The standard InChI is InChI=1S/C28H35N5O3Si/c1-20-25(33-14-10-13-24(26(33)31-20)35-17-21-15-29-19-30-16-21)27(34)32-23(22-11-8-7-9-12-22)18-36-37(5,6)28(2,3)4/h7-16,19,23H,17-18H2,1-6H3,(H,32,34)/t23-/m0/s1. The van der Waals surface area contributed by atoms with Crippen molar-refractivity contribution in [2.45, 2.75) is 58.5 Å². The topological polar surface area (TPSA) is 90.6 Å². The summed E-state index contributed by atoms with van der Waals surface area (Å²) >= 11 is 0. The van der Waals surface area contributed by atoms with E-state index in [-0.39, 0.29) is 17.0 Å². The maximum absolute atomic E-state index is 13.7. The van der Waals surface area contributed by atoms with Crippen LogP contribution in [0.15, 0.2) is 67.4 Å². The monoisotopic (exact) mass is 517 g/mol. The van der Waals surface area contributed by atoms with Gasteiger partial charge in [0.25, 0.3) is 5.91 Å². The molecule has 1 aromatic carbocycles. The van der Waals surface area contributed by atoms with Gasteiger partial charge in [0.15, 0.2) is 19.7 Å². The van der Waals surface area contributed by atoms with Crippen LogP contribution < -0.4 is 10.1 Å². The van der Waals surface area contributed by atoms with E-state index in [0.717, 1.165) is 11.1 Å². The maximum atomic E-state index is 13.7. The molecule has 37 heavy (non-hydrogen) atoms. The fourth-order valence-electron chi connectivity index (χ4n) is 3.75. The van der Waals surface area contributed by atoms with Gasteiger partial charge in [-0.2, -0.15) is 0 Å². The van der Waals surface area contributed by atoms with Gasteiger partial charge in [-0.25, -0.2) is 15.0 Å². The molecule has 0 radical (unpaired) electrons. The van der Waals surface area contributed by atoms with Crippen molar-refractivity contribution in [2.75, 3.05) is 6.61 Å². The van der Waals surface area contributed by atoms with Crippen LogP contribution in [0.4, 0.5) is 0 Å². The number of amides is 1. The van der Waals surface area contributed by atoms with E-state index in [1.165, 1.54) is 6.33 Å². The summed E-state index contributed by atoms with van der Waals surface area (Å²) in [6.45, 7) is 13.6. The molecular formula is C28H35N5O3Si. The van der Waals surface area contributed by atoms with Gasteiger partial charge in [-0.15, -0.1) is 0 Å². The first-order valence-electron chi connectivity index (χ1n) is 12.4. The molecule has 9 heteroatoms. The smallest absolute Gasteiger partial charge is 0.270 e. The second-order valence-electron chi connectivity index (χ2n) is 10.7. The third-order valence-electron chi connectivity index (χ3n) is 6.94. The van der Waals surface area contributed by atoms with Gasteiger partial charge in [-0.3, -0.25) is 9.20 Å². The summed E-state index contributed by atoms with van der Waals surface area (Å²) in [6.07, 6.45) is 6.72. The molecule has 4 aromatic rings. The Morgan fingerprint density at radius 1 is 1.08 bits per heavy atom. The predicted octanol–water partition coefficient (Wildman–Crippen LogP) is 5.50. The fourth-order valence-corrected chi connectivity index (χ4v) is 4.77. The number of carbonyl (C=O) groups is 1. The number of aryl methyl sites for hydroxylation is 1. The highest BCUT2D eigenvalue weighted by atomic mass is 28.4. The van der Waals surface area contributed by atoms with E-state index in [1.807, 2.05) is 55.6 Å². The Hall–Kier alpha value is -3.56. The molecule has 1 atom stereocenters. The Morgan fingerprint density at radius 3 is 2.46 bits per heavy atom. The lowest BCUT2D eigenvalue weighted by Crippen LogP contribution is -2.43. The van der Waals surface area contributed by atoms with Crippen molar-refractivity contribution in [3.05, 3.63) is 89.9 Å². The second kappa shape index (κ2) is 10.8. The summed E-state index contributed by atoms with van der Waals surface area (Å²) in [5.41, 5.74) is 3.51. The largest absolute Gasteiger partial charge is 0.485 e. The molecule has 0 spiro atoms. The van der Waals surface area contributed by atoms with Crippen LogP contribution in [0.5, 0.6) is 5.75 Å². The lowest BCUT2D eigenvalue weighted by Gasteiger charge is -2.37. The lowest BCUT2D eigenvalue weighted by atomic mass is 10.1. The number of hydrogen-bond donors (Lipinski definition) is 1. The van der Waals surface area contributed by atoms with Gasteiger partial charge < -0.3 is 14.5 Å².